The van der Waals surface area contributed by atoms with Gasteiger partial charge in [0.2, 0.25) is 0 Å². The maximum absolute atomic E-state index is 5.02. The van der Waals surface area contributed by atoms with E-state index in [1.807, 2.05) is 6.92 Å². The summed E-state index contributed by atoms with van der Waals surface area (Å²) >= 11 is 0. The van der Waals surface area contributed by atoms with Gasteiger partial charge in [0.05, 0.1) is 6.61 Å². The number of methoxy groups -OCH3 is 1. The molecule has 80 valence electrons. The van der Waals surface area contributed by atoms with Crippen LogP contribution in [0.5, 0.6) is 0 Å². The average Bonchev–Trinajstić information content (AvgIpc) is 2.59. The molecule has 14 heavy (non-hydrogen) atoms. The standard InChI is InChI=1S/C9H17N3O2/c1-4-12(5-6-13-3)7-9-8(2)10-14-11-9/h4-7H2,1-3H3. The van der Waals surface area contributed by atoms with Crippen molar-refractivity contribution in [2.45, 2.75) is 20.4 Å². The van der Waals surface area contributed by atoms with Gasteiger partial charge in [-0.25, -0.2) is 4.63 Å². The molecule has 0 bridgehead atoms. The van der Waals surface area contributed by atoms with Crippen LogP contribution in [-0.4, -0.2) is 42.0 Å². The Hall–Kier alpha value is -0.940. The molecule has 0 N–H and O–H groups in total. The average molecular weight is 199 g/mol. The zero-order chi connectivity index (χ0) is 10.4. The minimum atomic E-state index is 0.734. The SMILES string of the molecule is CCN(CCOC)Cc1nonc1C. The monoisotopic (exact) mass is 199 g/mol. The first-order valence-corrected chi connectivity index (χ1v) is 4.77. The van der Waals surface area contributed by atoms with Crippen LogP contribution in [-0.2, 0) is 11.3 Å². The fourth-order valence-electron chi connectivity index (χ4n) is 1.17. The molecule has 0 aliphatic carbocycles. The van der Waals surface area contributed by atoms with Gasteiger partial charge in [0.15, 0.2) is 0 Å². The highest BCUT2D eigenvalue weighted by Crippen LogP contribution is 2.04. The molecule has 0 saturated heterocycles. The molecule has 0 amide bonds. The summed E-state index contributed by atoms with van der Waals surface area (Å²) in [6.07, 6.45) is 0. The van der Waals surface area contributed by atoms with Crippen molar-refractivity contribution in [3.63, 3.8) is 0 Å². The van der Waals surface area contributed by atoms with Crippen LogP contribution in [0.4, 0.5) is 0 Å². The van der Waals surface area contributed by atoms with Crippen molar-refractivity contribution >= 4 is 0 Å². The third-order valence-electron chi connectivity index (χ3n) is 2.18. The molecule has 1 aromatic rings. The first-order valence-electron chi connectivity index (χ1n) is 4.77. The second-order valence-electron chi connectivity index (χ2n) is 3.16. The van der Waals surface area contributed by atoms with Crippen LogP contribution in [0.25, 0.3) is 0 Å². The topological polar surface area (TPSA) is 51.4 Å². The molecule has 1 aromatic heterocycles. The third kappa shape index (κ3) is 3.08. The van der Waals surface area contributed by atoms with Gasteiger partial charge in [0.25, 0.3) is 0 Å². The van der Waals surface area contributed by atoms with Gasteiger partial charge >= 0.3 is 0 Å². The van der Waals surface area contributed by atoms with Crippen LogP contribution in [0, 0.1) is 6.92 Å². The zero-order valence-corrected chi connectivity index (χ0v) is 8.99. The first kappa shape index (κ1) is 11.1. The summed E-state index contributed by atoms with van der Waals surface area (Å²) in [6, 6.07) is 0. The van der Waals surface area contributed by atoms with Crippen LogP contribution in [0.15, 0.2) is 4.63 Å². The minimum Gasteiger partial charge on any atom is -0.383 e. The van der Waals surface area contributed by atoms with Gasteiger partial charge in [-0.05, 0) is 13.5 Å². The smallest absolute Gasteiger partial charge is 0.122 e. The van der Waals surface area contributed by atoms with Crippen LogP contribution >= 0.6 is 0 Å². The van der Waals surface area contributed by atoms with Gasteiger partial charge < -0.3 is 4.74 Å². The van der Waals surface area contributed by atoms with Crippen molar-refractivity contribution in [1.82, 2.24) is 15.2 Å². The van der Waals surface area contributed by atoms with E-state index in [0.29, 0.717) is 0 Å². The van der Waals surface area contributed by atoms with Gasteiger partial charge in [-0.15, -0.1) is 0 Å². The van der Waals surface area contributed by atoms with Crippen LogP contribution < -0.4 is 0 Å². The van der Waals surface area contributed by atoms with E-state index in [1.165, 1.54) is 0 Å². The van der Waals surface area contributed by atoms with Gasteiger partial charge in [-0.2, -0.15) is 0 Å². The normalized spacial score (nSPS) is 11.1. The molecular formula is C9H17N3O2. The summed E-state index contributed by atoms with van der Waals surface area (Å²) < 4.78 is 9.66. The van der Waals surface area contributed by atoms with E-state index in [0.717, 1.165) is 37.6 Å². The number of nitrogens with zero attached hydrogens (tertiary/aromatic N) is 3. The lowest BCUT2D eigenvalue weighted by atomic mass is 10.3. The number of hydrogen-bond acceptors (Lipinski definition) is 5. The summed E-state index contributed by atoms with van der Waals surface area (Å²) in [6.45, 7) is 7.39. The molecule has 1 heterocycles. The maximum atomic E-state index is 5.02. The van der Waals surface area contributed by atoms with Gasteiger partial charge in [0, 0.05) is 20.2 Å². The van der Waals surface area contributed by atoms with Crippen molar-refractivity contribution in [1.29, 1.82) is 0 Å². The summed E-state index contributed by atoms with van der Waals surface area (Å²) in [7, 11) is 1.71. The lowest BCUT2D eigenvalue weighted by Crippen LogP contribution is -2.27. The zero-order valence-electron chi connectivity index (χ0n) is 8.99. The third-order valence-corrected chi connectivity index (χ3v) is 2.18. The van der Waals surface area contributed by atoms with Crippen LogP contribution in [0.3, 0.4) is 0 Å². The highest BCUT2D eigenvalue weighted by atomic mass is 16.6. The summed E-state index contributed by atoms with van der Waals surface area (Å²) in [4.78, 5) is 2.23. The Balaban J connectivity index is 2.44. The number of hydrogen-bond donors (Lipinski definition) is 0. The maximum Gasteiger partial charge on any atom is 0.122 e. The summed E-state index contributed by atoms with van der Waals surface area (Å²) in [5.74, 6) is 0. The number of aryl methyl sites for hydroxylation is 1. The highest BCUT2D eigenvalue weighted by molar-refractivity contribution is 5.03. The predicted octanol–water partition coefficient (Wildman–Crippen LogP) is 0.846. The van der Waals surface area contributed by atoms with E-state index < -0.39 is 0 Å². The quantitative estimate of drug-likeness (QED) is 0.679. The lowest BCUT2D eigenvalue weighted by Gasteiger charge is -2.18. The Labute approximate surface area is 84.0 Å². The summed E-state index contributed by atoms with van der Waals surface area (Å²) in [5, 5.41) is 7.58. The van der Waals surface area contributed by atoms with Gasteiger partial charge in [-0.1, -0.05) is 17.2 Å². The Morgan fingerprint density at radius 1 is 1.43 bits per heavy atom. The number of likely N-dealkylation sites (N-methyl/N-ethyl adjacent to an activating group) is 1. The molecule has 0 aliphatic heterocycles. The lowest BCUT2D eigenvalue weighted by molar-refractivity contribution is 0.145. The second kappa shape index (κ2) is 5.72. The molecule has 0 saturated carbocycles. The van der Waals surface area contributed by atoms with Crippen molar-refractivity contribution < 1.29 is 9.37 Å². The Morgan fingerprint density at radius 3 is 2.71 bits per heavy atom. The molecule has 0 spiro atoms. The Kier molecular flexibility index (Phi) is 4.55. The largest absolute Gasteiger partial charge is 0.383 e. The molecule has 5 heteroatoms. The Morgan fingerprint density at radius 2 is 2.21 bits per heavy atom. The van der Waals surface area contributed by atoms with Crippen LogP contribution in [0.1, 0.15) is 18.3 Å². The van der Waals surface area contributed by atoms with Crippen molar-refractivity contribution in [2.75, 3.05) is 26.8 Å². The van der Waals surface area contributed by atoms with Crippen molar-refractivity contribution in [3.8, 4) is 0 Å². The highest BCUT2D eigenvalue weighted by Gasteiger charge is 2.09. The van der Waals surface area contributed by atoms with E-state index in [2.05, 4.69) is 26.8 Å². The molecular weight excluding hydrogens is 182 g/mol. The molecule has 1 rings (SSSR count). The first-order chi connectivity index (χ1) is 6.77. The van der Waals surface area contributed by atoms with E-state index in [-0.39, 0.29) is 0 Å². The second-order valence-corrected chi connectivity index (χ2v) is 3.16. The number of aromatic nitrogens is 2. The van der Waals surface area contributed by atoms with E-state index in [4.69, 9.17) is 4.74 Å². The molecule has 0 aliphatic rings. The predicted molar refractivity (Wildman–Crippen MR) is 51.9 cm³/mol. The molecule has 0 atom stereocenters. The fourth-order valence-corrected chi connectivity index (χ4v) is 1.17. The Bertz CT molecular complexity index is 262. The van der Waals surface area contributed by atoms with E-state index in [1.54, 1.807) is 7.11 Å². The van der Waals surface area contributed by atoms with Crippen LogP contribution in [0.2, 0.25) is 0 Å². The summed E-state index contributed by atoms with van der Waals surface area (Å²) in [5.41, 5.74) is 1.77. The van der Waals surface area contributed by atoms with Gasteiger partial charge in [0.1, 0.15) is 11.4 Å². The molecule has 0 aromatic carbocycles. The number of rotatable bonds is 6. The molecule has 0 radical (unpaired) electrons. The molecule has 0 unspecified atom stereocenters. The fraction of sp³-hybridized carbons (Fsp3) is 0.778. The van der Waals surface area contributed by atoms with E-state index >= 15 is 0 Å². The minimum absolute atomic E-state index is 0.734. The molecule has 5 nitrogen and oxygen atoms in total. The van der Waals surface area contributed by atoms with Gasteiger partial charge in [-0.3, -0.25) is 4.90 Å². The molecule has 0 fully saturated rings. The van der Waals surface area contributed by atoms with Crippen molar-refractivity contribution in [3.05, 3.63) is 11.4 Å². The van der Waals surface area contributed by atoms with E-state index in [9.17, 15) is 0 Å². The number of ether oxygens (including phenoxy) is 1. The van der Waals surface area contributed by atoms with Crippen molar-refractivity contribution in [2.24, 2.45) is 0 Å².